The van der Waals surface area contributed by atoms with Gasteiger partial charge in [0.25, 0.3) is 0 Å². The van der Waals surface area contributed by atoms with Gasteiger partial charge in [0, 0.05) is 6.54 Å². The van der Waals surface area contributed by atoms with Crippen LogP contribution in [-0.2, 0) is 13.0 Å². The van der Waals surface area contributed by atoms with Crippen molar-refractivity contribution in [2.24, 2.45) is 11.7 Å². The lowest BCUT2D eigenvalue weighted by molar-refractivity contribution is 0.269. The summed E-state index contributed by atoms with van der Waals surface area (Å²) < 4.78 is 5.76. The Bertz CT molecular complexity index is 345. The molecule has 0 amide bonds. The minimum absolute atomic E-state index is 0.533. The molecule has 1 aromatic rings. The highest BCUT2D eigenvalue weighted by atomic mass is 16.5. The first-order valence-corrected chi connectivity index (χ1v) is 5.73. The Labute approximate surface area is 98.1 Å². The van der Waals surface area contributed by atoms with Gasteiger partial charge in [-0.3, -0.25) is 0 Å². The molecule has 0 aliphatic rings. The van der Waals surface area contributed by atoms with Crippen molar-refractivity contribution >= 4 is 0 Å². The Balaban J connectivity index is 2.84. The van der Waals surface area contributed by atoms with Crippen LogP contribution in [-0.4, -0.2) is 6.61 Å². The molecule has 0 fully saturated rings. The molecule has 0 saturated heterocycles. The summed E-state index contributed by atoms with van der Waals surface area (Å²) in [5.74, 6) is 1.48. The van der Waals surface area contributed by atoms with Gasteiger partial charge in [-0.15, -0.1) is 6.58 Å². The van der Waals surface area contributed by atoms with Gasteiger partial charge in [0.2, 0.25) is 0 Å². The fourth-order valence-electron chi connectivity index (χ4n) is 1.47. The average molecular weight is 219 g/mol. The summed E-state index contributed by atoms with van der Waals surface area (Å²) >= 11 is 0. The van der Waals surface area contributed by atoms with Crippen molar-refractivity contribution in [3.05, 3.63) is 42.0 Å². The maximum absolute atomic E-state index is 5.76. The second kappa shape index (κ2) is 6.33. The molecule has 1 aromatic carbocycles. The lowest BCUT2D eigenvalue weighted by Gasteiger charge is -2.13. The smallest absolute Gasteiger partial charge is 0.122 e. The van der Waals surface area contributed by atoms with E-state index in [0.29, 0.717) is 12.5 Å². The minimum Gasteiger partial charge on any atom is -0.493 e. The standard InChI is InChI=1S/C14H21NO/c1-4-5-13-8-12(9-15)6-7-14(13)16-10-11(2)3/h4,6-8,11H,1,5,9-10,15H2,2-3H3. The van der Waals surface area contributed by atoms with Gasteiger partial charge in [-0.2, -0.15) is 0 Å². The van der Waals surface area contributed by atoms with Crippen molar-refractivity contribution in [3.8, 4) is 5.75 Å². The molecular formula is C14H21NO. The van der Waals surface area contributed by atoms with Crippen LogP contribution in [0.3, 0.4) is 0 Å². The number of allylic oxidation sites excluding steroid dienone is 1. The SMILES string of the molecule is C=CCc1cc(CN)ccc1OCC(C)C. The van der Waals surface area contributed by atoms with Crippen molar-refractivity contribution in [3.63, 3.8) is 0 Å². The molecule has 0 atom stereocenters. The largest absolute Gasteiger partial charge is 0.493 e. The molecule has 2 heteroatoms. The Morgan fingerprint density at radius 2 is 2.19 bits per heavy atom. The molecule has 0 heterocycles. The van der Waals surface area contributed by atoms with E-state index in [1.165, 1.54) is 5.56 Å². The summed E-state index contributed by atoms with van der Waals surface area (Å²) in [5.41, 5.74) is 7.92. The van der Waals surface area contributed by atoms with E-state index in [-0.39, 0.29) is 0 Å². The quantitative estimate of drug-likeness (QED) is 0.747. The third-order valence-electron chi connectivity index (χ3n) is 2.30. The van der Waals surface area contributed by atoms with Gasteiger partial charge in [-0.1, -0.05) is 32.1 Å². The van der Waals surface area contributed by atoms with E-state index in [2.05, 4.69) is 26.5 Å². The summed E-state index contributed by atoms with van der Waals surface area (Å²) in [6.07, 6.45) is 2.71. The first kappa shape index (κ1) is 12.8. The molecular weight excluding hydrogens is 198 g/mol. The van der Waals surface area contributed by atoms with Crippen molar-refractivity contribution in [2.45, 2.75) is 26.8 Å². The Morgan fingerprint density at radius 1 is 1.44 bits per heavy atom. The van der Waals surface area contributed by atoms with E-state index in [9.17, 15) is 0 Å². The van der Waals surface area contributed by atoms with E-state index in [1.54, 1.807) is 0 Å². The Kier molecular flexibility index (Phi) is 5.06. The lowest BCUT2D eigenvalue weighted by atomic mass is 10.1. The molecule has 88 valence electrons. The van der Waals surface area contributed by atoms with Crippen LogP contribution in [0, 0.1) is 5.92 Å². The highest BCUT2D eigenvalue weighted by Gasteiger charge is 2.04. The van der Waals surface area contributed by atoms with Gasteiger partial charge in [0.05, 0.1) is 6.61 Å². The van der Waals surface area contributed by atoms with Gasteiger partial charge in [0.15, 0.2) is 0 Å². The summed E-state index contributed by atoms with van der Waals surface area (Å²) in [6, 6.07) is 6.11. The zero-order valence-electron chi connectivity index (χ0n) is 10.2. The van der Waals surface area contributed by atoms with Crippen LogP contribution in [0.4, 0.5) is 0 Å². The summed E-state index contributed by atoms with van der Waals surface area (Å²) in [5, 5.41) is 0. The van der Waals surface area contributed by atoms with Crippen molar-refractivity contribution in [1.82, 2.24) is 0 Å². The van der Waals surface area contributed by atoms with Gasteiger partial charge in [0.1, 0.15) is 5.75 Å². The average Bonchev–Trinajstić information content (AvgIpc) is 2.27. The van der Waals surface area contributed by atoms with Crippen LogP contribution in [0.2, 0.25) is 0 Å². The molecule has 1 rings (SSSR count). The summed E-state index contributed by atoms with van der Waals surface area (Å²) in [4.78, 5) is 0. The van der Waals surface area contributed by atoms with Crippen LogP contribution >= 0.6 is 0 Å². The zero-order chi connectivity index (χ0) is 12.0. The molecule has 0 aliphatic carbocycles. The number of hydrogen-bond donors (Lipinski definition) is 1. The van der Waals surface area contributed by atoms with E-state index in [0.717, 1.165) is 24.3 Å². The van der Waals surface area contributed by atoms with Gasteiger partial charge < -0.3 is 10.5 Å². The number of ether oxygens (including phenoxy) is 1. The maximum Gasteiger partial charge on any atom is 0.122 e. The first-order chi connectivity index (χ1) is 7.67. The molecule has 0 aromatic heterocycles. The van der Waals surface area contributed by atoms with E-state index in [4.69, 9.17) is 10.5 Å². The van der Waals surface area contributed by atoms with Gasteiger partial charge in [-0.05, 0) is 29.5 Å². The Morgan fingerprint density at radius 3 is 2.75 bits per heavy atom. The topological polar surface area (TPSA) is 35.2 Å². The summed E-state index contributed by atoms with van der Waals surface area (Å²) in [6.45, 7) is 9.35. The fraction of sp³-hybridized carbons (Fsp3) is 0.429. The second-order valence-corrected chi connectivity index (χ2v) is 4.34. The van der Waals surface area contributed by atoms with Crippen molar-refractivity contribution in [1.29, 1.82) is 0 Å². The molecule has 2 N–H and O–H groups in total. The molecule has 2 nitrogen and oxygen atoms in total. The van der Waals surface area contributed by atoms with Crippen LogP contribution in [0.1, 0.15) is 25.0 Å². The number of benzene rings is 1. The van der Waals surface area contributed by atoms with Crippen molar-refractivity contribution in [2.75, 3.05) is 6.61 Å². The fourth-order valence-corrected chi connectivity index (χ4v) is 1.47. The monoisotopic (exact) mass is 219 g/mol. The number of hydrogen-bond acceptors (Lipinski definition) is 2. The Hall–Kier alpha value is -1.28. The van der Waals surface area contributed by atoms with E-state index < -0.39 is 0 Å². The number of rotatable bonds is 6. The highest BCUT2D eigenvalue weighted by molar-refractivity contribution is 5.38. The maximum atomic E-state index is 5.76. The van der Waals surface area contributed by atoms with Gasteiger partial charge >= 0.3 is 0 Å². The highest BCUT2D eigenvalue weighted by Crippen LogP contribution is 2.21. The first-order valence-electron chi connectivity index (χ1n) is 5.73. The molecule has 0 spiro atoms. The minimum atomic E-state index is 0.533. The third kappa shape index (κ3) is 3.70. The molecule has 0 aliphatic heterocycles. The van der Waals surface area contributed by atoms with E-state index >= 15 is 0 Å². The van der Waals surface area contributed by atoms with Crippen LogP contribution in [0.25, 0.3) is 0 Å². The third-order valence-corrected chi connectivity index (χ3v) is 2.30. The van der Waals surface area contributed by atoms with Crippen LogP contribution in [0.15, 0.2) is 30.9 Å². The second-order valence-electron chi connectivity index (χ2n) is 4.34. The van der Waals surface area contributed by atoms with Crippen LogP contribution in [0.5, 0.6) is 5.75 Å². The predicted octanol–water partition coefficient (Wildman–Crippen LogP) is 2.91. The molecule has 0 bridgehead atoms. The zero-order valence-corrected chi connectivity index (χ0v) is 10.2. The van der Waals surface area contributed by atoms with E-state index in [1.807, 2.05) is 18.2 Å². The summed E-state index contributed by atoms with van der Waals surface area (Å²) in [7, 11) is 0. The number of nitrogens with two attached hydrogens (primary N) is 1. The molecule has 0 saturated carbocycles. The normalized spacial score (nSPS) is 10.5. The van der Waals surface area contributed by atoms with Crippen molar-refractivity contribution < 1.29 is 4.74 Å². The molecule has 0 radical (unpaired) electrons. The van der Waals surface area contributed by atoms with Crippen LogP contribution < -0.4 is 10.5 Å². The molecule has 0 unspecified atom stereocenters. The molecule has 16 heavy (non-hydrogen) atoms. The predicted molar refractivity (Wildman–Crippen MR) is 68.6 cm³/mol. The van der Waals surface area contributed by atoms with Gasteiger partial charge in [-0.25, -0.2) is 0 Å². The lowest BCUT2D eigenvalue weighted by Crippen LogP contribution is -2.07.